The molecule has 3 N–H and O–H groups in total. The maximum absolute atomic E-state index is 11.6. The van der Waals surface area contributed by atoms with Crippen LogP contribution in [0.2, 0.25) is 5.02 Å². The lowest BCUT2D eigenvalue weighted by Gasteiger charge is -2.34. The Labute approximate surface area is 129 Å². The maximum atomic E-state index is 11.6. The van der Waals surface area contributed by atoms with Crippen molar-refractivity contribution in [1.82, 2.24) is 5.43 Å². The summed E-state index contributed by atoms with van der Waals surface area (Å²) in [6.45, 7) is 1.28. The van der Waals surface area contributed by atoms with Gasteiger partial charge >= 0.3 is 0 Å². The molecule has 116 valence electrons. The van der Waals surface area contributed by atoms with Gasteiger partial charge in [0.1, 0.15) is 0 Å². The van der Waals surface area contributed by atoms with Gasteiger partial charge in [-0.1, -0.05) is 11.6 Å². The number of carbonyl (C=O) groups is 1. The minimum absolute atomic E-state index is 0.185. The molecule has 1 heterocycles. The number of nitrogens with one attached hydrogen (secondary N) is 1. The van der Waals surface area contributed by atoms with Gasteiger partial charge in [-0.2, -0.15) is 0 Å². The molecule has 1 atom stereocenters. The van der Waals surface area contributed by atoms with E-state index in [1.807, 2.05) is 4.90 Å². The standard InChI is InChI=1S/C13H18ClN3O3S/c1-21(19,20)10-4-5-12(11(14)7-10)17-6-2-3-9(8-17)13(18)16-15/h4-5,7,9H,2-3,6,8,15H2,1H3,(H,16,18). The number of carbonyl (C=O) groups excluding carboxylic acids is 1. The number of halogens is 1. The second-order valence-corrected chi connectivity index (χ2v) is 7.60. The van der Waals surface area contributed by atoms with E-state index in [1.54, 1.807) is 6.07 Å². The minimum Gasteiger partial charge on any atom is -0.370 e. The molecule has 8 heteroatoms. The number of benzene rings is 1. The fourth-order valence-corrected chi connectivity index (χ4v) is 3.51. The van der Waals surface area contributed by atoms with Gasteiger partial charge in [-0.15, -0.1) is 0 Å². The molecule has 1 aliphatic heterocycles. The normalized spacial score (nSPS) is 19.4. The first-order chi connectivity index (χ1) is 9.82. The fourth-order valence-electron chi connectivity index (χ4n) is 2.50. The van der Waals surface area contributed by atoms with Crippen LogP contribution < -0.4 is 16.2 Å². The van der Waals surface area contributed by atoms with E-state index in [9.17, 15) is 13.2 Å². The third-order valence-electron chi connectivity index (χ3n) is 3.62. The van der Waals surface area contributed by atoms with E-state index < -0.39 is 9.84 Å². The Hall–Kier alpha value is -1.31. The van der Waals surface area contributed by atoms with Crippen LogP contribution in [0.5, 0.6) is 0 Å². The summed E-state index contributed by atoms with van der Waals surface area (Å²) in [4.78, 5) is 13.8. The average Bonchev–Trinajstić information content (AvgIpc) is 2.45. The number of hydrogen-bond acceptors (Lipinski definition) is 5. The Morgan fingerprint density at radius 2 is 2.19 bits per heavy atom. The number of anilines is 1. The zero-order chi connectivity index (χ0) is 15.6. The molecule has 1 unspecified atom stereocenters. The molecule has 0 saturated carbocycles. The molecule has 1 aromatic carbocycles. The molecule has 1 aliphatic rings. The van der Waals surface area contributed by atoms with E-state index in [-0.39, 0.29) is 16.7 Å². The number of nitrogens with zero attached hydrogens (tertiary/aromatic N) is 1. The third-order valence-corrected chi connectivity index (χ3v) is 5.04. The molecule has 1 amide bonds. The highest BCUT2D eigenvalue weighted by Gasteiger charge is 2.26. The van der Waals surface area contributed by atoms with Gasteiger partial charge in [-0.3, -0.25) is 10.2 Å². The highest BCUT2D eigenvalue weighted by Crippen LogP contribution is 2.31. The van der Waals surface area contributed by atoms with Crippen LogP contribution in [0.15, 0.2) is 23.1 Å². The van der Waals surface area contributed by atoms with Gasteiger partial charge in [-0.25, -0.2) is 14.3 Å². The molecule has 0 bridgehead atoms. The van der Waals surface area contributed by atoms with Crippen molar-refractivity contribution in [2.75, 3.05) is 24.2 Å². The van der Waals surface area contributed by atoms with E-state index in [0.717, 1.165) is 31.3 Å². The summed E-state index contributed by atoms with van der Waals surface area (Å²) in [6, 6.07) is 4.66. The van der Waals surface area contributed by atoms with Gasteiger partial charge < -0.3 is 4.90 Å². The average molecular weight is 332 g/mol. The van der Waals surface area contributed by atoms with Gasteiger partial charge in [0.25, 0.3) is 0 Å². The largest absolute Gasteiger partial charge is 0.370 e. The first-order valence-electron chi connectivity index (χ1n) is 6.58. The van der Waals surface area contributed by atoms with Crippen LogP contribution in [-0.4, -0.2) is 33.7 Å². The van der Waals surface area contributed by atoms with Crippen LogP contribution in [-0.2, 0) is 14.6 Å². The SMILES string of the molecule is CS(=O)(=O)c1ccc(N2CCCC(C(=O)NN)C2)c(Cl)c1. The van der Waals surface area contributed by atoms with Crippen LogP contribution in [0.4, 0.5) is 5.69 Å². The molecule has 0 aliphatic carbocycles. The lowest BCUT2D eigenvalue weighted by Crippen LogP contribution is -2.45. The molecule has 0 radical (unpaired) electrons. The molecular formula is C13H18ClN3O3S. The summed E-state index contributed by atoms with van der Waals surface area (Å²) in [5.41, 5.74) is 2.91. The molecule has 1 saturated heterocycles. The van der Waals surface area contributed by atoms with Crippen LogP contribution in [0.1, 0.15) is 12.8 Å². The zero-order valence-corrected chi connectivity index (χ0v) is 13.2. The molecule has 1 fully saturated rings. The van der Waals surface area contributed by atoms with E-state index in [1.165, 1.54) is 12.1 Å². The van der Waals surface area contributed by atoms with Crippen molar-refractivity contribution < 1.29 is 13.2 Å². The Bertz CT molecular complexity index is 648. The van der Waals surface area contributed by atoms with Crippen molar-refractivity contribution in [3.05, 3.63) is 23.2 Å². The van der Waals surface area contributed by atoms with Crippen molar-refractivity contribution in [2.45, 2.75) is 17.7 Å². The Morgan fingerprint density at radius 1 is 1.48 bits per heavy atom. The topological polar surface area (TPSA) is 92.5 Å². The quantitative estimate of drug-likeness (QED) is 0.489. The number of hydrazine groups is 1. The number of hydrogen-bond donors (Lipinski definition) is 2. The molecule has 1 aromatic rings. The summed E-state index contributed by atoms with van der Waals surface area (Å²) in [6.07, 6.45) is 2.77. The first kappa shape index (κ1) is 16.1. The maximum Gasteiger partial charge on any atom is 0.238 e. The number of nitrogens with two attached hydrogens (primary N) is 1. The van der Waals surface area contributed by atoms with Crippen molar-refractivity contribution >= 4 is 33.0 Å². The molecule has 6 nitrogen and oxygen atoms in total. The smallest absolute Gasteiger partial charge is 0.238 e. The van der Waals surface area contributed by atoms with Crippen LogP contribution in [0.3, 0.4) is 0 Å². The number of rotatable bonds is 3. The Morgan fingerprint density at radius 3 is 2.76 bits per heavy atom. The minimum atomic E-state index is -3.28. The molecule has 0 aromatic heterocycles. The van der Waals surface area contributed by atoms with E-state index in [4.69, 9.17) is 17.4 Å². The van der Waals surface area contributed by atoms with Crippen LogP contribution >= 0.6 is 11.6 Å². The van der Waals surface area contributed by atoms with Gasteiger partial charge in [0, 0.05) is 19.3 Å². The Kier molecular flexibility index (Phi) is 4.75. The molecule has 2 rings (SSSR count). The lowest BCUT2D eigenvalue weighted by molar-refractivity contribution is -0.125. The van der Waals surface area contributed by atoms with E-state index in [0.29, 0.717) is 11.6 Å². The first-order valence-corrected chi connectivity index (χ1v) is 8.85. The summed E-state index contributed by atoms with van der Waals surface area (Å²) < 4.78 is 23.0. The monoisotopic (exact) mass is 331 g/mol. The fraction of sp³-hybridized carbons (Fsp3) is 0.462. The van der Waals surface area contributed by atoms with E-state index in [2.05, 4.69) is 5.43 Å². The summed E-state index contributed by atoms with van der Waals surface area (Å²) in [7, 11) is -3.28. The summed E-state index contributed by atoms with van der Waals surface area (Å²) >= 11 is 6.20. The molecule has 0 spiro atoms. The van der Waals surface area contributed by atoms with E-state index >= 15 is 0 Å². The second-order valence-electron chi connectivity index (χ2n) is 5.18. The van der Waals surface area contributed by atoms with Crippen LogP contribution in [0, 0.1) is 5.92 Å². The van der Waals surface area contributed by atoms with Crippen molar-refractivity contribution in [3.63, 3.8) is 0 Å². The van der Waals surface area contributed by atoms with Crippen molar-refractivity contribution in [2.24, 2.45) is 11.8 Å². The Balaban J connectivity index is 2.24. The van der Waals surface area contributed by atoms with Crippen molar-refractivity contribution in [3.8, 4) is 0 Å². The molecule has 21 heavy (non-hydrogen) atoms. The number of amides is 1. The summed E-state index contributed by atoms with van der Waals surface area (Å²) in [5, 5.41) is 0.367. The third kappa shape index (κ3) is 3.66. The second kappa shape index (κ2) is 6.21. The van der Waals surface area contributed by atoms with Crippen LogP contribution in [0.25, 0.3) is 0 Å². The van der Waals surface area contributed by atoms with Gasteiger partial charge in [0.15, 0.2) is 9.84 Å². The highest BCUT2D eigenvalue weighted by atomic mass is 35.5. The van der Waals surface area contributed by atoms with Crippen molar-refractivity contribution in [1.29, 1.82) is 0 Å². The number of piperidine rings is 1. The number of sulfone groups is 1. The summed E-state index contributed by atoms with van der Waals surface area (Å²) in [5.74, 6) is 4.80. The highest BCUT2D eigenvalue weighted by molar-refractivity contribution is 7.90. The van der Waals surface area contributed by atoms with Gasteiger partial charge in [0.2, 0.25) is 5.91 Å². The predicted molar refractivity (Wildman–Crippen MR) is 81.8 cm³/mol. The molecular weight excluding hydrogens is 314 g/mol. The lowest BCUT2D eigenvalue weighted by atomic mass is 9.97. The zero-order valence-electron chi connectivity index (χ0n) is 11.7. The predicted octanol–water partition coefficient (Wildman–Crippen LogP) is 0.950. The van der Waals surface area contributed by atoms with Gasteiger partial charge in [-0.05, 0) is 31.0 Å². The van der Waals surface area contributed by atoms with Gasteiger partial charge in [0.05, 0.1) is 21.5 Å².